The monoisotopic (exact) mass is 646 g/mol. The van der Waals surface area contributed by atoms with Gasteiger partial charge in [-0.15, -0.1) is 0 Å². The zero-order chi connectivity index (χ0) is 33.8. The molecular weight excluding hydrogens is 604 g/mol. The van der Waals surface area contributed by atoms with Crippen molar-refractivity contribution in [3.05, 3.63) is 113 Å². The number of fused-ring (bicyclic) bond motifs is 2. The van der Waals surface area contributed by atoms with E-state index in [1.54, 1.807) is 25.3 Å². The Morgan fingerprint density at radius 3 is 2.31 bits per heavy atom. The number of rotatable bonds is 12. The van der Waals surface area contributed by atoms with Crippen LogP contribution in [-0.4, -0.2) is 53.6 Å². The van der Waals surface area contributed by atoms with Crippen LogP contribution in [0.1, 0.15) is 38.2 Å². The van der Waals surface area contributed by atoms with E-state index >= 15 is 0 Å². The molecule has 8 nitrogen and oxygen atoms in total. The van der Waals surface area contributed by atoms with Crippen LogP contribution in [0.15, 0.2) is 108 Å². The first-order valence-corrected chi connectivity index (χ1v) is 16.5. The van der Waals surface area contributed by atoms with Gasteiger partial charge in [-0.05, 0) is 90.2 Å². The molecule has 48 heavy (non-hydrogen) atoms. The number of hydrogen-bond acceptors (Lipinski definition) is 7. The number of nitrogens with one attached hydrogen (secondary N) is 1. The first-order chi connectivity index (χ1) is 23.3. The number of aliphatic hydroxyl groups is 2. The first-order valence-electron chi connectivity index (χ1n) is 16.5. The van der Waals surface area contributed by atoms with E-state index < -0.39 is 23.9 Å². The molecule has 1 aliphatic carbocycles. The van der Waals surface area contributed by atoms with Gasteiger partial charge in [0.25, 0.3) is 0 Å². The van der Waals surface area contributed by atoms with Crippen molar-refractivity contribution >= 4 is 45.7 Å². The van der Waals surface area contributed by atoms with E-state index in [2.05, 4.69) is 18.3 Å². The lowest BCUT2D eigenvalue weighted by molar-refractivity contribution is -0.123. The third kappa shape index (κ3) is 6.52. The molecular formula is C40H42N2O6. The molecule has 0 bridgehead atoms. The second-order valence-corrected chi connectivity index (χ2v) is 12.6. The van der Waals surface area contributed by atoms with Gasteiger partial charge < -0.3 is 25.4 Å². The molecule has 4 aromatic rings. The third-order valence-electron chi connectivity index (χ3n) is 9.73. The van der Waals surface area contributed by atoms with Crippen molar-refractivity contribution in [3.63, 3.8) is 0 Å². The highest BCUT2D eigenvalue weighted by atomic mass is 16.5. The van der Waals surface area contributed by atoms with Crippen LogP contribution in [-0.2, 0) is 14.3 Å². The van der Waals surface area contributed by atoms with Crippen LogP contribution >= 0.6 is 0 Å². The number of amides is 2. The van der Waals surface area contributed by atoms with Crippen LogP contribution in [0.3, 0.4) is 0 Å². The van der Waals surface area contributed by atoms with Crippen molar-refractivity contribution in [2.45, 2.75) is 38.7 Å². The van der Waals surface area contributed by atoms with Crippen LogP contribution in [0.4, 0.5) is 17.1 Å². The SMILES string of the molecule is CC/C(=C\c1ccc(O)c2ccccc12)CC[C@@H](O)C1=C(COC)C[C@H]2C(=O)N(c3ccc(Nc4ccccc4)cc3)C(=O)[C@H]2[C@H]1CO. The number of phenolic OH excluding ortho intramolecular Hbond substituents is 1. The number of benzene rings is 4. The molecule has 4 aromatic carbocycles. The van der Waals surface area contributed by atoms with Crippen molar-refractivity contribution in [1.82, 2.24) is 0 Å². The van der Waals surface area contributed by atoms with Gasteiger partial charge in [0.15, 0.2) is 0 Å². The average Bonchev–Trinajstić information content (AvgIpc) is 3.36. The van der Waals surface area contributed by atoms with E-state index in [1.165, 1.54) is 4.90 Å². The number of hydrogen-bond donors (Lipinski definition) is 4. The second-order valence-electron chi connectivity index (χ2n) is 12.6. The second kappa shape index (κ2) is 14.6. The number of phenols is 1. The minimum absolute atomic E-state index is 0.198. The van der Waals surface area contributed by atoms with Gasteiger partial charge in [-0.25, -0.2) is 0 Å². The Morgan fingerprint density at radius 2 is 1.62 bits per heavy atom. The summed E-state index contributed by atoms with van der Waals surface area (Å²) in [6.07, 6.45) is 3.20. The molecule has 0 saturated carbocycles. The lowest BCUT2D eigenvalue weighted by atomic mass is 9.68. The fraction of sp³-hybridized carbons (Fsp3) is 0.300. The van der Waals surface area contributed by atoms with Gasteiger partial charge in [0.1, 0.15) is 5.75 Å². The maximum atomic E-state index is 14.0. The summed E-state index contributed by atoms with van der Waals surface area (Å²) in [6.45, 7) is 1.90. The summed E-state index contributed by atoms with van der Waals surface area (Å²) in [5.74, 6) is -2.56. The molecule has 1 fully saturated rings. The van der Waals surface area contributed by atoms with Crippen LogP contribution in [0.5, 0.6) is 5.75 Å². The largest absolute Gasteiger partial charge is 0.507 e. The molecule has 8 heteroatoms. The number of aromatic hydroxyl groups is 1. The predicted octanol–water partition coefficient (Wildman–Crippen LogP) is 6.98. The minimum atomic E-state index is -0.931. The fourth-order valence-electron chi connectivity index (χ4n) is 7.38. The molecule has 4 N–H and O–H groups in total. The Hall–Kier alpha value is -4.76. The van der Waals surface area contributed by atoms with Crippen molar-refractivity contribution in [2.24, 2.45) is 17.8 Å². The Balaban J connectivity index is 1.22. The molecule has 2 amide bonds. The number of nitrogens with zero attached hydrogens (tertiary/aromatic N) is 1. The number of methoxy groups -OCH3 is 1. The number of carbonyl (C=O) groups excluding carboxylic acids is 2. The highest BCUT2D eigenvalue weighted by Gasteiger charge is 2.55. The quantitative estimate of drug-likeness (QED) is 0.0968. The Bertz CT molecular complexity index is 1850. The van der Waals surface area contributed by atoms with Crippen LogP contribution in [0.2, 0.25) is 0 Å². The zero-order valence-electron chi connectivity index (χ0n) is 27.3. The van der Waals surface area contributed by atoms with Gasteiger partial charge in [-0.2, -0.15) is 0 Å². The molecule has 6 rings (SSSR count). The molecule has 0 spiro atoms. The first kappa shape index (κ1) is 33.2. The van der Waals surface area contributed by atoms with Crippen molar-refractivity contribution in [2.75, 3.05) is 30.5 Å². The summed E-state index contributed by atoms with van der Waals surface area (Å²) in [4.78, 5) is 29.0. The fourth-order valence-corrected chi connectivity index (χ4v) is 7.38. The summed E-state index contributed by atoms with van der Waals surface area (Å²) in [6, 6.07) is 28.2. The lowest BCUT2D eigenvalue weighted by Crippen LogP contribution is -2.39. The number of anilines is 3. The minimum Gasteiger partial charge on any atom is -0.507 e. The van der Waals surface area contributed by atoms with E-state index in [1.807, 2.05) is 72.8 Å². The lowest BCUT2D eigenvalue weighted by Gasteiger charge is -2.36. The van der Waals surface area contributed by atoms with Gasteiger partial charge >= 0.3 is 0 Å². The van der Waals surface area contributed by atoms with Crippen molar-refractivity contribution in [1.29, 1.82) is 0 Å². The zero-order valence-corrected chi connectivity index (χ0v) is 27.3. The summed E-state index contributed by atoms with van der Waals surface area (Å²) in [5.41, 5.74) is 5.71. The summed E-state index contributed by atoms with van der Waals surface area (Å²) >= 11 is 0. The number of aliphatic hydroxyl groups excluding tert-OH is 2. The predicted molar refractivity (Wildman–Crippen MR) is 189 cm³/mol. The van der Waals surface area contributed by atoms with E-state index in [0.717, 1.165) is 45.3 Å². The molecule has 1 aliphatic heterocycles. The Kier molecular flexibility index (Phi) is 10.1. The molecule has 248 valence electrons. The van der Waals surface area contributed by atoms with Crippen LogP contribution in [0.25, 0.3) is 16.8 Å². The molecule has 4 atom stereocenters. The van der Waals surface area contributed by atoms with Crippen LogP contribution in [0, 0.1) is 17.8 Å². The normalized spacial score (nSPS) is 20.4. The van der Waals surface area contributed by atoms with Gasteiger partial charge in [-0.1, -0.05) is 67.1 Å². The van der Waals surface area contributed by atoms with Gasteiger partial charge in [0.2, 0.25) is 11.8 Å². The van der Waals surface area contributed by atoms with E-state index in [-0.39, 0.29) is 37.2 Å². The van der Waals surface area contributed by atoms with Gasteiger partial charge in [-0.3, -0.25) is 14.5 Å². The van der Waals surface area contributed by atoms with E-state index in [0.29, 0.717) is 24.1 Å². The molecule has 2 aliphatic rings. The number of ether oxygens (including phenoxy) is 1. The van der Waals surface area contributed by atoms with Crippen molar-refractivity contribution < 1.29 is 29.6 Å². The maximum absolute atomic E-state index is 14.0. The summed E-state index contributed by atoms with van der Waals surface area (Å²) in [7, 11) is 1.57. The van der Waals surface area contributed by atoms with E-state index in [4.69, 9.17) is 4.74 Å². The Labute approximate surface area is 281 Å². The standard InChI is InChI=1S/C40H42N2O6/c1-3-25(21-26-14-20-35(44)32-12-8-7-11-31(26)32)13-19-36(45)37-27(24-48-2)22-33-38(34(37)23-43)40(47)42(39(33)46)30-17-15-29(16-18-30)41-28-9-5-4-6-10-28/h4-12,14-18,20-21,33-34,36,38,41,43-45H,3,13,19,22-24H2,1-2H3/b25-21+/t33-,34+,36-,38-/m1/s1. The topological polar surface area (TPSA) is 119 Å². The highest BCUT2D eigenvalue weighted by molar-refractivity contribution is 6.22. The highest BCUT2D eigenvalue weighted by Crippen LogP contribution is 2.47. The maximum Gasteiger partial charge on any atom is 0.238 e. The number of imide groups is 1. The summed E-state index contributed by atoms with van der Waals surface area (Å²) in [5, 5.41) is 37.8. The van der Waals surface area contributed by atoms with Gasteiger partial charge in [0.05, 0.1) is 36.8 Å². The van der Waals surface area contributed by atoms with Gasteiger partial charge in [0, 0.05) is 29.8 Å². The summed E-state index contributed by atoms with van der Waals surface area (Å²) < 4.78 is 5.52. The number of carbonyl (C=O) groups is 2. The molecule has 0 radical (unpaired) electrons. The molecule has 0 unspecified atom stereocenters. The number of para-hydroxylation sites is 1. The van der Waals surface area contributed by atoms with Crippen LogP contribution < -0.4 is 10.2 Å². The van der Waals surface area contributed by atoms with Crippen molar-refractivity contribution in [3.8, 4) is 5.75 Å². The molecule has 0 aromatic heterocycles. The Morgan fingerprint density at radius 1 is 0.938 bits per heavy atom. The molecule has 1 heterocycles. The third-order valence-corrected chi connectivity index (χ3v) is 9.73. The molecule has 1 saturated heterocycles. The number of allylic oxidation sites excluding steroid dienone is 1. The van der Waals surface area contributed by atoms with E-state index in [9.17, 15) is 24.9 Å². The average molecular weight is 647 g/mol. The smallest absolute Gasteiger partial charge is 0.238 e.